The summed E-state index contributed by atoms with van der Waals surface area (Å²) in [6.07, 6.45) is 0. The monoisotopic (exact) mass is 1540 g/mol. The average molecular weight is 1540 g/mol. The Kier molecular flexibility index (Phi) is 28.3. The molecule has 12 aromatic carbocycles. The van der Waals surface area contributed by atoms with Gasteiger partial charge in [0.2, 0.25) is 0 Å². The lowest BCUT2D eigenvalue weighted by atomic mass is 10.1. The Hall–Kier alpha value is -8.59. The molecule has 0 saturated heterocycles. The SMILES string of the molecule is C.CCN(CC)CC.CN=P(c1ccccc1OC)(c1ccccc1OC)P1Oc2cccc3cccc(c23)O1.CN=P1(P(c2ccccc2OC)c2ccccc2OC)Oc2cccc3cccc(c23)O1.CNP1Oc2cccc3cccc(c23)O1.COc1ccccc1P(Cl)c1ccccc1OC. The molecule has 3 aliphatic rings. The van der Waals surface area contributed by atoms with E-state index in [1.807, 2.05) is 208 Å². The summed E-state index contributed by atoms with van der Waals surface area (Å²) in [5, 5.41) is 15.3. The lowest BCUT2D eigenvalue weighted by Gasteiger charge is -2.36. The minimum Gasteiger partial charge on any atom is -0.496 e. The molecule has 16 nitrogen and oxygen atoms in total. The highest BCUT2D eigenvalue weighted by atomic mass is 35.7. The number of para-hydroxylation sites is 6. The normalized spacial score (nSPS) is 12.8. The number of rotatable bonds is 18. The molecule has 0 atom stereocenters. The lowest BCUT2D eigenvalue weighted by Crippen LogP contribution is -2.22. The maximum absolute atomic E-state index is 6.75. The van der Waals surface area contributed by atoms with Gasteiger partial charge in [0.25, 0.3) is 0 Å². The zero-order valence-corrected chi connectivity index (χ0v) is 66.3. The maximum Gasteiger partial charge on any atom is 0.381 e. The van der Waals surface area contributed by atoms with Crippen molar-refractivity contribution in [3.8, 4) is 69.0 Å². The zero-order valence-electron chi connectivity index (χ0n) is 60.2. The highest BCUT2D eigenvalue weighted by Crippen LogP contribution is 2.80. The van der Waals surface area contributed by atoms with Crippen LogP contribution in [0.15, 0.2) is 264 Å². The molecule has 12 aromatic rings. The molecular formula is C82H89ClN4O12P6. The van der Waals surface area contributed by atoms with Crippen molar-refractivity contribution in [3.05, 3.63) is 255 Å². The second-order valence-electron chi connectivity index (χ2n) is 22.8. The van der Waals surface area contributed by atoms with Gasteiger partial charge in [-0.05, 0) is 152 Å². The average Bonchev–Trinajstić information content (AvgIpc) is 0.734. The van der Waals surface area contributed by atoms with Crippen LogP contribution in [0.25, 0.3) is 32.3 Å². The van der Waals surface area contributed by atoms with Gasteiger partial charge < -0.3 is 60.5 Å². The molecule has 0 aliphatic carbocycles. The molecule has 0 fully saturated rings. The highest BCUT2D eigenvalue weighted by Gasteiger charge is 2.47. The summed E-state index contributed by atoms with van der Waals surface area (Å²) in [5.41, 5.74) is 0. The summed E-state index contributed by atoms with van der Waals surface area (Å²) in [6, 6.07) is 83.9. The van der Waals surface area contributed by atoms with Crippen LogP contribution in [0.4, 0.5) is 0 Å². The van der Waals surface area contributed by atoms with Crippen LogP contribution >= 0.6 is 56.7 Å². The predicted molar refractivity (Wildman–Crippen MR) is 445 cm³/mol. The summed E-state index contributed by atoms with van der Waals surface area (Å²) in [7, 11) is 7.77. The van der Waals surface area contributed by atoms with Gasteiger partial charge in [-0.25, -0.2) is 9.83 Å². The molecule has 3 aliphatic heterocycles. The van der Waals surface area contributed by atoms with E-state index in [2.05, 4.69) is 91.4 Å². The molecule has 0 spiro atoms. The van der Waals surface area contributed by atoms with Gasteiger partial charge in [-0.3, -0.25) is 4.74 Å². The van der Waals surface area contributed by atoms with E-state index in [4.69, 9.17) is 76.3 Å². The van der Waals surface area contributed by atoms with Gasteiger partial charge in [-0.15, -0.1) is 0 Å². The minimum absolute atomic E-state index is 0. The molecule has 105 heavy (non-hydrogen) atoms. The molecule has 23 heteroatoms. The smallest absolute Gasteiger partial charge is 0.381 e. The predicted octanol–water partition coefficient (Wildman–Crippen LogP) is 21.0. The van der Waals surface area contributed by atoms with Crippen LogP contribution in [-0.2, 0) is 0 Å². The van der Waals surface area contributed by atoms with Crippen molar-refractivity contribution < 1.29 is 55.6 Å². The number of nitrogens with one attached hydrogen (secondary N) is 1. The second kappa shape index (κ2) is 37.6. The molecule has 15 rings (SSSR count). The number of ether oxygens (including phenoxy) is 6. The van der Waals surface area contributed by atoms with Gasteiger partial charge in [0.1, 0.15) is 75.7 Å². The Morgan fingerprint density at radius 1 is 0.400 bits per heavy atom. The molecule has 0 aromatic heterocycles. The first-order chi connectivity index (χ1) is 50.9. The van der Waals surface area contributed by atoms with Crippen molar-refractivity contribution in [1.29, 1.82) is 0 Å². The van der Waals surface area contributed by atoms with Gasteiger partial charge in [0, 0.05) is 45.9 Å². The Labute approximate surface area is 627 Å². The van der Waals surface area contributed by atoms with Crippen LogP contribution < -0.4 is 92.5 Å². The van der Waals surface area contributed by atoms with E-state index in [1.54, 1.807) is 49.7 Å². The van der Waals surface area contributed by atoms with Crippen molar-refractivity contribution in [2.45, 2.75) is 28.2 Å². The molecular weight excluding hydrogens is 1450 g/mol. The second-order valence-corrected chi connectivity index (χ2v) is 38.9. The summed E-state index contributed by atoms with van der Waals surface area (Å²) >= 11 is 6.60. The maximum atomic E-state index is 6.75. The minimum atomic E-state index is -2.87. The van der Waals surface area contributed by atoms with Gasteiger partial charge >= 0.3 is 23.8 Å². The third-order valence-electron chi connectivity index (χ3n) is 17.3. The summed E-state index contributed by atoms with van der Waals surface area (Å²) < 4.78 is 81.9. The Balaban J connectivity index is 0.000000151. The fourth-order valence-corrected chi connectivity index (χ4v) is 30.2. The number of halogens is 1. The highest BCUT2D eigenvalue weighted by molar-refractivity contribution is 8.37. The van der Waals surface area contributed by atoms with Crippen LogP contribution in [0.2, 0.25) is 0 Å². The molecule has 0 amide bonds. The largest absolute Gasteiger partial charge is 0.496 e. The topological polar surface area (TPSA) is 151 Å². The third kappa shape index (κ3) is 17.0. The molecule has 0 radical (unpaired) electrons. The molecule has 3 heterocycles. The number of hydrogen-bond donors (Lipinski definition) is 1. The van der Waals surface area contributed by atoms with Crippen molar-refractivity contribution in [3.63, 3.8) is 0 Å². The standard InChI is InChI=1S/2C25H23NO4P2.C14H14ClO2P.C11H10NO2P.C6H15N.CH4/c1-26-32(23-16-6-4-12-19(23)27-2,24-17-7-5-13-20(24)28-3)31-29-21-14-8-10-18-11-9-15-22(30-31)25(18)21;1-26-32(29-21-14-8-10-18-11-9-15-22(30-32)25(18)21)31(23-16-6-4-12-19(23)27-2)24-17-7-5-13-20(24)28-3;1-16-11-7-3-5-9-13(11)18(15)14-10-6-4-8-12(14)17-2;1-12-15-13-9-6-2-4-8-5-3-7-10(14-15)11(8)9;1-4-7(5-2)6-3;/h2*4-17H,1-3H3;3-10H,1-2H3;2-7,12H,1H3;4-6H2,1-3H3;1H4. The zero-order chi connectivity index (χ0) is 73.2. The Morgan fingerprint density at radius 3 is 1.01 bits per heavy atom. The van der Waals surface area contributed by atoms with Crippen LogP contribution in [0.1, 0.15) is 28.2 Å². The molecule has 0 saturated carbocycles. The van der Waals surface area contributed by atoms with E-state index in [-0.39, 0.29) is 7.43 Å². The van der Waals surface area contributed by atoms with Crippen LogP contribution in [0.5, 0.6) is 69.0 Å². The quantitative estimate of drug-likeness (QED) is 0.0811. The van der Waals surface area contributed by atoms with Crippen LogP contribution in [-0.4, -0.2) is 88.3 Å². The molecule has 0 bridgehead atoms. The third-order valence-corrected chi connectivity index (χ3v) is 36.0. The van der Waals surface area contributed by atoms with Gasteiger partial charge in [-0.1, -0.05) is 185 Å². The summed E-state index contributed by atoms with van der Waals surface area (Å²) in [5.74, 6) is 9.68. The molecule has 1 N–H and O–H groups in total. The van der Waals surface area contributed by atoms with Crippen molar-refractivity contribution in [1.82, 2.24) is 9.99 Å². The van der Waals surface area contributed by atoms with E-state index in [0.717, 1.165) is 133 Å². The summed E-state index contributed by atoms with van der Waals surface area (Å²) in [4.78, 5) is 2.38. The lowest BCUT2D eigenvalue weighted by molar-refractivity contribution is 0.321. The number of methoxy groups -OCH3 is 6. The summed E-state index contributed by atoms with van der Waals surface area (Å²) in [6.45, 7) is 7.49. The van der Waals surface area contributed by atoms with E-state index in [1.165, 1.54) is 19.6 Å². The molecule has 0 unspecified atom stereocenters. The van der Waals surface area contributed by atoms with E-state index in [0.29, 0.717) is 0 Å². The first-order valence-electron chi connectivity index (χ1n) is 33.7. The van der Waals surface area contributed by atoms with Gasteiger partial charge in [0.15, 0.2) is 0 Å². The number of nitrogens with zero attached hydrogens (tertiary/aromatic N) is 3. The van der Waals surface area contributed by atoms with Crippen molar-refractivity contribution in [2.24, 2.45) is 9.49 Å². The van der Waals surface area contributed by atoms with Gasteiger partial charge in [0.05, 0.1) is 73.7 Å². The Bertz CT molecular complexity index is 4760. The number of benzene rings is 12. The van der Waals surface area contributed by atoms with Crippen LogP contribution in [0.3, 0.4) is 0 Å². The van der Waals surface area contributed by atoms with Crippen LogP contribution in [0, 0.1) is 0 Å². The fourth-order valence-electron chi connectivity index (χ4n) is 12.2. The fraction of sp³-hybridized carbons (Fsp3) is 0.195. The Morgan fingerprint density at radius 2 is 0.695 bits per heavy atom. The first kappa shape index (κ1) is 79.0. The van der Waals surface area contributed by atoms with E-state index < -0.39 is 45.4 Å². The first-order valence-corrected chi connectivity index (χ1v) is 44.3. The van der Waals surface area contributed by atoms with E-state index in [9.17, 15) is 0 Å². The van der Waals surface area contributed by atoms with E-state index >= 15 is 0 Å². The van der Waals surface area contributed by atoms with Crippen molar-refractivity contribution in [2.75, 3.05) is 83.4 Å². The number of hydrogen-bond acceptors (Lipinski definition) is 16. The van der Waals surface area contributed by atoms with Crippen molar-refractivity contribution >= 4 is 121 Å². The van der Waals surface area contributed by atoms with Gasteiger partial charge in [-0.2, -0.15) is 0 Å². The molecule has 546 valence electrons.